The van der Waals surface area contributed by atoms with E-state index < -0.39 is 17.5 Å². The summed E-state index contributed by atoms with van der Waals surface area (Å²) in [5, 5.41) is 4.52. The molecule has 2 fully saturated rings. The second-order valence-corrected chi connectivity index (χ2v) is 8.06. The normalized spacial score (nSPS) is 19.9. The number of hydrogen-bond acceptors (Lipinski definition) is 3. The fourth-order valence-corrected chi connectivity index (χ4v) is 4.11. The van der Waals surface area contributed by atoms with Gasteiger partial charge in [-0.2, -0.15) is 5.01 Å². The number of halogens is 2. The van der Waals surface area contributed by atoms with Crippen LogP contribution in [0, 0.1) is 0 Å². The summed E-state index contributed by atoms with van der Waals surface area (Å²) in [5.74, 6) is -0.780. The third-order valence-corrected chi connectivity index (χ3v) is 5.95. The number of nitrogens with zero attached hydrogens (tertiary/aromatic N) is 1. The number of likely N-dealkylation sites (N-methyl/N-ethyl adjacent to an activating group) is 1. The molecule has 1 heterocycles. The molecule has 9 heteroatoms. The molecule has 1 unspecified atom stereocenters. The van der Waals surface area contributed by atoms with Crippen molar-refractivity contribution in [2.45, 2.75) is 44.2 Å². The van der Waals surface area contributed by atoms with Crippen molar-refractivity contribution in [1.29, 1.82) is 0 Å². The van der Waals surface area contributed by atoms with Crippen molar-refractivity contribution >= 4 is 41.0 Å². The summed E-state index contributed by atoms with van der Waals surface area (Å²) in [6.45, 7) is 0.559. The van der Waals surface area contributed by atoms with E-state index >= 15 is 0 Å². The molecule has 0 bridgehead atoms. The lowest BCUT2D eigenvalue weighted by molar-refractivity contribution is -0.885. The number of hydrogen-bond donors (Lipinski definition) is 3. The zero-order valence-corrected chi connectivity index (χ0v) is 16.6. The molecular formula is C18H23Cl2N4O3+. The van der Waals surface area contributed by atoms with E-state index in [1.165, 1.54) is 0 Å². The highest BCUT2D eigenvalue weighted by atomic mass is 35.5. The van der Waals surface area contributed by atoms with Gasteiger partial charge in [0.05, 0.1) is 17.1 Å². The van der Waals surface area contributed by atoms with E-state index in [0.717, 1.165) is 34.7 Å². The zero-order valence-electron chi connectivity index (χ0n) is 15.1. The topological polar surface area (TPSA) is 82.9 Å². The maximum absolute atomic E-state index is 12.7. The van der Waals surface area contributed by atoms with E-state index in [2.05, 4.69) is 10.7 Å². The second-order valence-electron chi connectivity index (χ2n) is 7.27. The molecule has 1 saturated heterocycles. The summed E-state index contributed by atoms with van der Waals surface area (Å²) in [6.07, 6.45) is 4.06. The van der Waals surface area contributed by atoms with Gasteiger partial charge in [-0.15, -0.1) is 0 Å². The predicted molar refractivity (Wildman–Crippen MR) is 101 cm³/mol. The van der Waals surface area contributed by atoms with Gasteiger partial charge in [0.1, 0.15) is 12.1 Å². The fourth-order valence-electron chi connectivity index (χ4n) is 3.73. The minimum Gasteiger partial charge on any atom is -0.326 e. The molecule has 1 aromatic rings. The lowest BCUT2D eigenvalue weighted by Crippen LogP contribution is -3.09. The lowest BCUT2D eigenvalue weighted by atomic mass is 9.82. The number of nitrogens with one attached hydrogen (secondary N) is 3. The van der Waals surface area contributed by atoms with Crippen molar-refractivity contribution in [3.05, 3.63) is 33.8 Å². The van der Waals surface area contributed by atoms with Crippen LogP contribution in [0.5, 0.6) is 0 Å². The smallest absolute Gasteiger partial charge is 0.326 e. The van der Waals surface area contributed by atoms with Gasteiger partial charge in [-0.05, 0) is 18.9 Å². The highest BCUT2D eigenvalue weighted by Crippen LogP contribution is 2.32. The van der Waals surface area contributed by atoms with Crippen LogP contribution < -0.4 is 15.6 Å². The first-order valence-electron chi connectivity index (χ1n) is 9.03. The summed E-state index contributed by atoms with van der Waals surface area (Å²) in [6, 6.07) is 4.78. The van der Waals surface area contributed by atoms with Gasteiger partial charge in [0.25, 0.3) is 11.8 Å². The minimum absolute atomic E-state index is 0.0763. The number of quaternary nitrogens is 1. The molecular weight excluding hydrogens is 391 g/mol. The van der Waals surface area contributed by atoms with Gasteiger partial charge in [0, 0.05) is 5.56 Å². The van der Waals surface area contributed by atoms with Gasteiger partial charge in [-0.1, -0.05) is 54.6 Å². The molecule has 1 atom stereocenters. The van der Waals surface area contributed by atoms with Crippen LogP contribution in [0.15, 0.2) is 18.2 Å². The monoisotopic (exact) mass is 413 g/mol. The van der Waals surface area contributed by atoms with Crippen LogP contribution in [-0.4, -0.2) is 42.0 Å². The average molecular weight is 414 g/mol. The third kappa shape index (κ3) is 4.20. The summed E-state index contributed by atoms with van der Waals surface area (Å²) in [5.41, 5.74) is 2.42. The first-order valence-corrected chi connectivity index (χ1v) is 9.78. The highest BCUT2D eigenvalue weighted by Gasteiger charge is 2.52. The first kappa shape index (κ1) is 19.9. The molecule has 146 valence electrons. The zero-order chi connectivity index (χ0) is 19.6. The predicted octanol–water partition coefficient (Wildman–Crippen LogP) is 1.29. The number of rotatable bonds is 5. The van der Waals surface area contributed by atoms with Crippen molar-refractivity contribution in [3.8, 4) is 0 Å². The third-order valence-electron chi connectivity index (χ3n) is 5.09. The molecule has 1 saturated carbocycles. The number of carbonyl (C=O) groups excluding carboxylic acids is 3. The molecule has 3 rings (SSSR count). The van der Waals surface area contributed by atoms with Gasteiger partial charge in [-0.3, -0.25) is 15.0 Å². The van der Waals surface area contributed by atoms with Gasteiger partial charge in [0.15, 0.2) is 6.54 Å². The molecule has 27 heavy (non-hydrogen) atoms. The molecule has 0 aromatic heterocycles. The van der Waals surface area contributed by atoms with Crippen LogP contribution >= 0.6 is 23.2 Å². The van der Waals surface area contributed by atoms with E-state index in [1.807, 2.05) is 13.1 Å². The number of amides is 4. The standard InChI is InChI=1S/C18H22Cl2N4O3/c1-23(10-12-6-5-7-13(19)15(12)20)11-14(25)22-24-16(26)18(21-17(24)27)8-3-2-4-9-18/h5-7H,2-4,8-11H2,1H3,(H,21,27)(H,22,25)/p+1. The molecule has 1 aromatic carbocycles. The SMILES string of the molecule is C[NH+](CC(=O)NN1C(=O)NC2(CCCCC2)C1=O)Cc1cccc(Cl)c1Cl. The Hall–Kier alpha value is -1.83. The van der Waals surface area contributed by atoms with Crippen molar-refractivity contribution in [2.75, 3.05) is 13.6 Å². The molecule has 7 nitrogen and oxygen atoms in total. The van der Waals surface area contributed by atoms with Crippen molar-refractivity contribution < 1.29 is 19.3 Å². The van der Waals surface area contributed by atoms with Crippen LogP contribution in [0.25, 0.3) is 0 Å². The largest absolute Gasteiger partial charge is 0.344 e. The Morgan fingerprint density at radius 1 is 1.26 bits per heavy atom. The Balaban J connectivity index is 1.58. The van der Waals surface area contributed by atoms with Crippen molar-refractivity contribution in [2.24, 2.45) is 0 Å². The maximum atomic E-state index is 12.7. The second kappa shape index (κ2) is 8.04. The van der Waals surface area contributed by atoms with Gasteiger partial charge < -0.3 is 10.2 Å². The molecule has 1 aliphatic heterocycles. The Labute approximate surface area is 167 Å². The Kier molecular flexibility index (Phi) is 5.93. The summed E-state index contributed by atoms with van der Waals surface area (Å²) in [7, 11) is 1.82. The molecule has 1 aliphatic carbocycles. The number of hydrazine groups is 1. The first-order chi connectivity index (χ1) is 12.8. The fraction of sp³-hybridized carbons (Fsp3) is 0.500. The Morgan fingerprint density at radius 3 is 2.67 bits per heavy atom. The van der Waals surface area contributed by atoms with Gasteiger partial charge in [-0.25, -0.2) is 4.79 Å². The van der Waals surface area contributed by atoms with Crippen LogP contribution in [0.4, 0.5) is 4.79 Å². The number of urea groups is 1. The summed E-state index contributed by atoms with van der Waals surface area (Å²) >= 11 is 12.2. The summed E-state index contributed by atoms with van der Waals surface area (Å²) < 4.78 is 0. The maximum Gasteiger partial charge on any atom is 0.344 e. The quantitative estimate of drug-likeness (QED) is 0.636. The molecule has 0 radical (unpaired) electrons. The van der Waals surface area contributed by atoms with Crippen molar-refractivity contribution in [3.63, 3.8) is 0 Å². The number of benzene rings is 1. The Morgan fingerprint density at radius 2 is 1.96 bits per heavy atom. The van der Waals surface area contributed by atoms with Gasteiger partial charge in [0.2, 0.25) is 0 Å². The molecule has 3 N–H and O–H groups in total. The Bertz CT molecular complexity index is 765. The van der Waals surface area contributed by atoms with Crippen LogP contribution in [0.3, 0.4) is 0 Å². The van der Waals surface area contributed by atoms with Gasteiger partial charge >= 0.3 is 6.03 Å². The molecule has 2 aliphatic rings. The lowest BCUT2D eigenvalue weighted by Gasteiger charge is -2.30. The molecule has 1 spiro atoms. The number of carbonyl (C=O) groups is 3. The van der Waals surface area contributed by atoms with E-state index in [-0.39, 0.29) is 12.5 Å². The average Bonchev–Trinajstić information content (AvgIpc) is 2.83. The molecule has 4 amide bonds. The highest BCUT2D eigenvalue weighted by molar-refractivity contribution is 6.42. The van der Waals surface area contributed by atoms with E-state index in [0.29, 0.717) is 29.4 Å². The van der Waals surface area contributed by atoms with Crippen LogP contribution in [-0.2, 0) is 16.1 Å². The van der Waals surface area contributed by atoms with Crippen LogP contribution in [0.1, 0.15) is 37.7 Å². The van der Waals surface area contributed by atoms with E-state index in [1.54, 1.807) is 12.1 Å². The minimum atomic E-state index is -0.852. The summed E-state index contributed by atoms with van der Waals surface area (Å²) in [4.78, 5) is 38.1. The van der Waals surface area contributed by atoms with E-state index in [4.69, 9.17) is 23.2 Å². The van der Waals surface area contributed by atoms with Crippen LogP contribution in [0.2, 0.25) is 10.0 Å². The van der Waals surface area contributed by atoms with Crippen molar-refractivity contribution in [1.82, 2.24) is 15.8 Å². The number of imide groups is 1. The van der Waals surface area contributed by atoms with E-state index in [9.17, 15) is 14.4 Å².